The Morgan fingerprint density at radius 1 is 0.489 bits per heavy atom. The van der Waals surface area contributed by atoms with E-state index in [0.29, 0.717) is 0 Å². The smallest absolute Gasteiger partial charge is 0.178 e. The first-order valence-corrected chi connectivity index (χ1v) is 16.2. The SMILES string of the molecule is C=C1CC2c3ccccc3N3c4ncccc4N(c4ccccc4)C3C2C2N(c3ccccc3)c3nccnc3N2c2ccccc21. The summed E-state index contributed by atoms with van der Waals surface area (Å²) in [7, 11) is 0. The van der Waals surface area contributed by atoms with Crippen LogP contribution in [0, 0.1) is 5.92 Å². The van der Waals surface area contributed by atoms with Crippen LogP contribution in [0.5, 0.6) is 0 Å². The van der Waals surface area contributed by atoms with Crippen molar-refractivity contribution in [3.8, 4) is 0 Å². The number of benzene rings is 4. The molecule has 0 N–H and O–H groups in total. The Morgan fingerprint density at radius 3 is 1.81 bits per heavy atom. The average Bonchev–Trinajstić information content (AvgIpc) is 3.65. The van der Waals surface area contributed by atoms with Crippen molar-refractivity contribution in [3.63, 3.8) is 0 Å². The van der Waals surface area contributed by atoms with Gasteiger partial charge in [0.25, 0.3) is 0 Å². The second-order valence-electron chi connectivity index (χ2n) is 12.6. The topological polar surface area (TPSA) is 51.6 Å². The third-order valence-corrected chi connectivity index (χ3v) is 10.3. The van der Waals surface area contributed by atoms with E-state index in [0.717, 1.165) is 57.8 Å². The van der Waals surface area contributed by atoms with Crippen molar-refractivity contribution < 1.29 is 0 Å². The van der Waals surface area contributed by atoms with Gasteiger partial charge in [0, 0.05) is 53.1 Å². The number of hydrogen-bond acceptors (Lipinski definition) is 7. The van der Waals surface area contributed by atoms with Crippen molar-refractivity contribution in [2.45, 2.75) is 24.7 Å². The van der Waals surface area contributed by atoms with Crippen LogP contribution in [0.25, 0.3) is 5.57 Å². The minimum Gasteiger partial charge on any atom is -0.316 e. The molecule has 6 aromatic rings. The molecule has 10 rings (SSSR count). The molecule has 4 aromatic carbocycles. The largest absolute Gasteiger partial charge is 0.316 e. The Bertz CT molecular complexity index is 2170. The quantitative estimate of drug-likeness (QED) is 0.194. The zero-order valence-corrected chi connectivity index (χ0v) is 25.6. The average molecular weight is 610 g/mol. The molecule has 0 amide bonds. The highest BCUT2D eigenvalue weighted by Gasteiger charge is 2.58. The van der Waals surface area contributed by atoms with Crippen LogP contribution in [0.4, 0.5) is 45.9 Å². The number of para-hydroxylation sites is 4. The summed E-state index contributed by atoms with van der Waals surface area (Å²) >= 11 is 0. The van der Waals surface area contributed by atoms with Gasteiger partial charge in [0.2, 0.25) is 0 Å². The third kappa shape index (κ3) is 3.65. The Labute approximate surface area is 273 Å². The summed E-state index contributed by atoms with van der Waals surface area (Å²) in [5, 5.41) is 0. The van der Waals surface area contributed by atoms with Crippen molar-refractivity contribution in [1.82, 2.24) is 15.0 Å². The molecule has 47 heavy (non-hydrogen) atoms. The summed E-state index contributed by atoms with van der Waals surface area (Å²) in [6.45, 7) is 4.75. The van der Waals surface area contributed by atoms with Gasteiger partial charge in [0.05, 0.1) is 11.4 Å². The predicted molar refractivity (Wildman–Crippen MR) is 188 cm³/mol. The molecule has 0 aliphatic carbocycles. The highest BCUT2D eigenvalue weighted by molar-refractivity contribution is 5.92. The summed E-state index contributed by atoms with van der Waals surface area (Å²) in [6.07, 6.45) is 6.08. The lowest BCUT2D eigenvalue weighted by molar-refractivity contribution is 0.289. The van der Waals surface area contributed by atoms with E-state index in [4.69, 9.17) is 21.5 Å². The first-order valence-electron chi connectivity index (χ1n) is 16.2. The lowest BCUT2D eigenvalue weighted by Gasteiger charge is -2.53. The maximum atomic E-state index is 5.07. The van der Waals surface area contributed by atoms with Gasteiger partial charge in [-0.05, 0) is 66.1 Å². The minimum atomic E-state index is -0.171. The number of nitrogens with zero attached hydrogens (tertiary/aromatic N) is 7. The monoisotopic (exact) mass is 609 g/mol. The normalized spacial score (nSPS) is 21.8. The van der Waals surface area contributed by atoms with Gasteiger partial charge < -0.3 is 19.6 Å². The first kappa shape index (κ1) is 26.3. The fourth-order valence-corrected chi connectivity index (χ4v) is 8.52. The van der Waals surface area contributed by atoms with E-state index >= 15 is 0 Å². The maximum Gasteiger partial charge on any atom is 0.178 e. The number of allylic oxidation sites excluding steroid dienone is 1. The fourth-order valence-electron chi connectivity index (χ4n) is 8.52. The van der Waals surface area contributed by atoms with E-state index in [9.17, 15) is 0 Å². The van der Waals surface area contributed by atoms with E-state index in [2.05, 4.69) is 141 Å². The summed E-state index contributed by atoms with van der Waals surface area (Å²) in [4.78, 5) is 25.0. The molecule has 0 bridgehead atoms. The number of aromatic nitrogens is 3. The highest BCUT2D eigenvalue weighted by Crippen LogP contribution is 2.62. The van der Waals surface area contributed by atoms with Crippen LogP contribution >= 0.6 is 0 Å². The second kappa shape index (κ2) is 10.0. The molecule has 4 aliphatic heterocycles. The number of anilines is 8. The van der Waals surface area contributed by atoms with Gasteiger partial charge in [-0.3, -0.25) is 0 Å². The molecule has 4 atom stereocenters. The van der Waals surface area contributed by atoms with Gasteiger partial charge >= 0.3 is 0 Å². The molecule has 7 heteroatoms. The highest BCUT2D eigenvalue weighted by atomic mass is 15.5. The summed E-state index contributed by atoms with van der Waals surface area (Å²) in [5.41, 5.74) is 9.21. The summed E-state index contributed by atoms with van der Waals surface area (Å²) in [6, 6.07) is 43.3. The van der Waals surface area contributed by atoms with Crippen LogP contribution < -0.4 is 19.6 Å². The second-order valence-corrected chi connectivity index (χ2v) is 12.6. The first-order chi connectivity index (χ1) is 23.3. The molecule has 7 nitrogen and oxygen atoms in total. The number of fused-ring (bicyclic) bond motifs is 14. The maximum absolute atomic E-state index is 5.07. The number of pyridine rings is 1. The van der Waals surface area contributed by atoms with Crippen LogP contribution in [0.2, 0.25) is 0 Å². The van der Waals surface area contributed by atoms with Crippen LogP contribution in [0.15, 0.2) is 146 Å². The van der Waals surface area contributed by atoms with Crippen molar-refractivity contribution in [3.05, 3.63) is 158 Å². The molecular weight excluding hydrogens is 578 g/mol. The number of rotatable bonds is 2. The Balaban J connectivity index is 1.32. The van der Waals surface area contributed by atoms with Crippen molar-refractivity contribution in [2.75, 3.05) is 19.6 Å². The molecule has 4 aliphatic rings. The van der Waals surface area contributed by atoms with Crippen molar-refractivity contribution >= 4 is 51.5 Å². The van der Waals surface area contributed by atoms with Crippen LogP contribution in [-0.2, 0) is 0 Å². The molecule has 0 saturated heterocycles. The lowest BCUT2D eigenvalue weighted by atomic mass is 9.71. The summed E-state index contributed by atoms with van der Waals surface area (Å²) in [5.74, 6) is 2.82. The Hall–Kier alpha value is -5.95. The molecule has 2 aromatic heterocycles. The molecule has 0 saturated carbocycles. The summed E-state index contributed by atoms with van der Waals surface area (Å²) < 4.78 is 0. The van der Waals surface area contributed by atoms with E-state index in [1.807, 2.05) is 18.6 Å². The van der Waals surface area contributed by atoms with Gasteiger partial charge in [0.15, 0.2) is 17.5 Å². The molecule has 0 radical (unpaired) electrons. The number of hydrogen-bond donors (Lipinski definition) is 0. The predicted octanol–water partition coefficient (Wildman–Crippen LogP) is 8.93. The van der Waals surface area contributed by atoms with E-state index in [-0.39, 0.29) is 24.2 Å². The van der Waals surface area contributed by atoms with E-state index in [1.165, 1.54) is 11.3 Å². The molecule has 226 valence electrons. The van der Waals surface area contributed by atoms with E-state index in [1.54, 1.807) is 0 Å². The van der Waals surface area contributed by atoms with Crippen molar-refractivity contribution in [1.29, 1.82) is 0 Å². The van der Waals surface area contributed by atoms with Gasteiger partial charge in [-0.15, -0.1) is 0 Å². The van der Waals surface area contributed by atoms with Gasteiger partial charge in [-0.1, -0.05) is 79.4 Å². The van der Waals surface area contributed by atoms with Crippen LogP contribution in [0.3, 0.4) is 0 Å². The fraction of sp³-hybridized carbons (Fsp3) is 0.125. The standard InChI is InChI=1S/C40H31N7/c1-26-25-31-30-18-9-11-20-33(30)46-36-34(21-12-22-41-36)44(27-13-4-2-5-14-27)39(46)35(31)40-45(28-15-6-3-7-16-28)37-38(43-24-23-42-37)47(40)32-19-10-8-17-29(26)32/h2-24,31,35,39-40H,1,25H2. The lowest BCUT2D eigenvalue weighted by Crippen LogP contribution is -2.60. The molecule has 4 unspecified atom stereocenters. The molecule has 6 heterocycles. The van der Waals surface area contributed by atoms with Crippen LogP contribution in [-0.4, -0.2) is 27.3 Å². The zero-order valence-electron chi connectivity index (χ0n) is 25.6. The van der Waals surface area contributed by atoms with Gasteiger partial charge in [0.1, 0.15) is 12.3 Å². The third-order valence-electron chi connectivity index (χ3n) is 10.3. The van der Waals surface area contributed by atoms with Crippen molar-refractivity contribution in [2.24, 2.45) is 5.92 Å². The van der Waals surface area contributed by atoms with Gasteiger partial charge in [-0.2, -0.15) is 0 Å². The molecule has 0 spiro atoms. The molecule has 0 fully saturated rings. The minimum absolute atomic E-state index is 0.0145. The van der Waals surface area contributed by atoms with E-state index < -0.39 is 0 Å². The zero-order chi connectivity index (χ0) is 31.1. The molecular formula is C40H31N7. The van der Waals surface area contributed by atoms with Crippen LogP contribution in [0.1, 0.15) is 23.5 Å². The Morgan fingerprint density at radius 2 is 1.04 bits per heavy atom. The van der Waals surface area contributed by atoms with Gasteiger partial charge in [-0.25, -0.2) is 15.0 Å². The Kier molecular flexibility index (Phi) is 5.61.